The lowest BCUT2D eigenvalue weighted by atomic mass is 9.96. The molecule has 0 fully saturated rings. The van der Waals surface area contributed by atoms with Gasteiger partial charge in [-0.3, -0.25) is 14.5 Å². The summed E-state index contributed by atoms with van der Waals surface area (Å²) in [7, 11) is 0. The summed E-state index contributed by atoms with van der Waals surface area (Å²) in [6, 6.07) is 7.86. The molecule has 2 amide bonds. The lowest BCUT2D eigenvalue weighted by molar-refractivity contribution is -0.124. The van der Waals surface area contributed by atoms with Crippen LogP contribution in [0.3, 0.4) is 0 Å². The number of halogens is 1. The van der Waals surface area contributed by atoms with E-state index in [1.807, 2.05) is 6.92 Å². The fraction of sp³-hybridized carbons (Fsp3) is 0.316. The fourth-order valence-corrected chi connectivity index (χ4v) is 3.51. The molecular formula is C19H18FN3O3. The molecule has 134 valence electrons. The van der Waals surface area contributed by atoms with Crippen molar-refractivity contribution in [1.29, 1.82) is 0 Å². The third-order valence-corrected chi connectivity index (χ3v) is 4.79. The van der Waals surface area contributed by atoms with E-state index in [0.717, 1.165) is 18.4 Å². The quantitative estimate of drug-likeness (QED) is 0.829. The fourth-order valence-electron chi connectivity index (χ4n) is 3.51. The van der Waals surface area contributed by atoms with Crippen molar-refractivity contribution in [3.63, 3.8) is 0 Å². The highest BCUT2D eigenvalue weighted by Gasteiger charge is 2.33. The lowest BCUT2D eigenvalue weighted by Gasteiger charge is -2.37. The van der Waals surface area contributed by atoms with Crippen LogP contribution in [0.25, 0.3) is 0 Å². The van der Waals surface area contributed by atoms with E-state index in [1.54, 1.807) is 29.3 Å². The van der Waals surface area contributed by atoms with Crippen LogP contribution in [0.2, 0.25) is 0 Å². The molecule has 1 atom stereocenters. The number of rotatable bonds is 2. The highest BCUT2D eigenvalue weighted by molar-refractivity contribution is 6.05. The summed E-state index contributed by atoms with van der Waals surface area (Å²) in [5, 5.41) is 0. The molecule has 0 saturated carbocycles. The van der Waals surface area contributed by atoms with Crippen LogP contribution in [-0.4, -0.2) is 36.0 Å². The molecule has 0 spiro atoms. The number of nitrogens with zero attached hydrogens (tertiary/aromatic N) is 3. The van der Waals surface area contributed by atoms with Crippen molar-refractivity contribution in [2.24, 2.45) is 0 Å². The largest absolute Gasteiger partial charge is 0.480 e. The Bertz CT molecular complexity index is 886. The zero-order valence-electron chi connectivity index (χ0n) is 14.3. The average Bonchev–Trinajstić information content (AvgIpc) is 2.64. The molecule has 0 bridgehead atoms. The van der Waals surface area contributed by atoms with Crippen molar-refractivity contribution in [3.05, 3.63) is 47.9 Å². The number of pyridine rings is 1. The lowest BCUT2D eigenvalue weighted by Crippen LogP contribution is -2.50. The summed E-state index contributed by atoms with van der Waals surface area (Å²) < 4.78 is 18.9. The minimum atomic E-state index is -0.313. The van der Waals surface area contributed by atoms with E-state index in [9.17, 15) is 14.0 Å². The molecule has 0 saturated heterocycles. The summed E-state index contributed by atoms with van der Waals surface area (Å²) in [5.41, 5.74) is 1.51. The molecule has 7 heteroatoms. The van der Waals surface area contributed by atoms with E-state index in [2.05, 4.69) is 4.98 Å². The molecule has 0 radical (unpaired) electrons. The van der Waals surface area contributed by atoms with Gasteiger partial charge in [-0.2, -0.15) is 0 Å². The summed E-state index contributed by atoms with van der Waals surface area (Å²) in [4.78, 5) is 32.5. The molecule has 2 aliphatic heterocycles. The number of fused-ring (bicyclic) bond motifs is 2. The number of aromatic nitrogens is 1. The maximum atomic E-state index is 13.5. The number of aryl methyl sites for hydroxylation is 1. The number of amides is 2. The molecule has 6 nitrogen and oxygen atoms in total. The molecule has 3 heterocycles. The van der Waals surface area contributed by atoms with Crippen LogP contribution in [0.1, 0.15) is 18.9 Å². The monoisotopic (exact) mass is 355 g/mol. The first-order chi connectivity index (χ1) is 12.5. The van der Waals surface area contributed by atoms with Crippen molar-refractivity contribution in [2.45, 2.75) is 25.8 Å². The van der Waals surface area contributed by atoms with Crippen LogP contribution < -0.4 is 14.5 Å². The van der Waals surface area contributed by atoms with Gasteiger partial charge < -0.3 is 9.64 Å². The molecule has 4 rings (SSSR count). The van der Waals surface area contributed by atoms with Gasteiger partial charge in [-0.25, -0.2) is 9.37 Å². The van der Waals surface area contributed by atoms with Gasteiger partial charge in [0, 0.05) is 17.9 Å². The topological polar surface area (TPSA) is 62.7 Å². The predicted molar refractivity (Wildman–Crippen MR) is 93.8 cm³/mol. The second kappa shape index (κ2) is 6.40. The number of anilines is 2. The van der Waals surface area contributed by atoms with E-state index in [1.165, 1.54) is 17.0 Å². The van der Waals surface area contributed by atoms with Crippen molar-refractivity contribution < 1.29 is 18.7 Å². The van der Waals surface area contributed by atoms with Crippen molar-refractivity contribution in [2.75, 3.05) is 23.0 Å². The van der Waals surface area contributed by atoms with Crippen LogP contribution in [0, 0.1) is 5.82 Å². The summed E-state index contributed by atoms with van der Waals surface area (Å²) >= 11 is 0. The Morgan fingerprint density at radius 2 is 2.23 bits per heavy atom. The van der Waals surface area contributed by atoms with E-state index >= 15 is 0 Å². The average molecular weight is 355 g/mol. The first-order valence-electron chi connectivity index (χ1n) is 8.53. The first kappa shape index (κ1) is 16.5. The Morgan fingerprint density at radius 3 is 3.08 bits per heavy atom. The second-order valence-electron chi connectivity index (χ2n) is 6.52. The summed E-state index contributed by atoms with van der Waals surface area (Å²) in [6.45, 7) is 1.70. The molecule has 26 heavy (non-hydrogen) atoms. The Labute approximate surface area is 150 Å². The van der Waals surface area contributed by atoms with Crippen LogP contribution >= 0.6 is 0 Å². The zero-order valence-corrected chi connectivity index (χ0v) is 14.3. The van der Waals surface area contributed by atoms with E-state index in [4.69, 9.17) is 4.74 Å². The van der Waals surface area contributed by atoms with E-state index < -0.39 is 0 Å². The second-order valence-corrected chi connectivity index (χ2v) is 6.52. The molecule has 0 unspecified atom stereocenters. The standard InChI is InChI=1S/C19H18FN3O3/c1-12-4-5-13-9-14(20)6-7-15(13)23(12)17(24)10-22-18(25)11-26-16-3-2-8-21-19(16)22/h2-3,6-9,12H,4-5,10-11H2,1H3/t12-/m1/s1. The number of hydrogen-bond acceptors (Lipinski definition) is 4. The van der Waals surface area contributed by atoms with E-state index in [0.29, 0.717) is 17.3 Å². The van der Waals surface area contributed by atoms with Gasteiger partial charge in [0.2, 0.25) is 5.91 Å². The van der Waals surface area contributed by atoms with Crippen LogP contribution in [0.5, 0.6) is 5.75 Å². The van der Waals surface area contributed by atoms with Gasteiger partial charge in [-0.05, 0) is 55.7 Å². The minimum Gasteiger partial charge on any atom is -0.480 e. The maximum Gasteiger partial charge on any atom is 0.266 e. The maximum absolute atomic E-state index is 13.5. The molecule has 2 aliphatic rings. The molecule has 1 aromatic carbocycles. The first-order valence-corrected chi connectivity index (χ1v) is 8.53. The molecule has 0 aliphatic carbocycles. The predicted octanol–water partition coefficient (Wildman–Crippen LogP) is 2.31. The van der Waals surface area contributed by atoms with Gasteiger partial charge in [0.25, 0.3) is 5.91 Å². The highest BCUT2D eigenvalue weighted by Crippen LogP contribution is 2.33. The van der Waals surface area contributed by atoms with Crippen molar-refractivity contribution in [1.82, 2.24) is 4.98 Å². The Hall–Kier alpha value is -2.96. The van der Waals surface area contributed by atoms with Crippen LogP contribution in [0.4, 0.5) is 15.9 Å². The zero-order chi connectivity index (χ0) is 18.3. The third kappa shape index (κ3) is 2.79. The van der Waals surface area contributed by atoms with Crippen molar-refractivity contribution >= 4 is 23.3 Å². The smallest absolute Gasteiger partial charge is 0.266 e. The minimum absolute atomic E-state index is 0.0280. The van der Waals surface area contributed by atoms with Gasteiger partial charge in [0.05, 0.1) is 0 Å². The highest BCUT2D eigenvalue weighted by atomic mass is 19.1. The third-order valence-electron chi connectivity index (χ3n) is 4.79. The SMILES string of the molecule is C[C@@H]1CCc2cc(F)ccc2N1C(=O)CN1C(=O)COc2cccnc21. The number of carbonyl (C=O) groups excluding carboxylic acids is 2. The normalized spacial score (nSPS) is 18.8. The van der Waals surface area contributed by atoms with Gasteiger partial charge in [0.1, 0.15) is 12.4 Å². The summed E-state index contributed by atoms with van der Waals surface area (Å²) in [6.07, 6.45) is 3.02. The molecule has 1 aromatic heterocycles. The molecule has 2 aromatic rings. The van der Waals surface area contributed by atoms with E-state index in [-0.39, 0.29) is 36.8 Å². The Kier molecular flexibility index (Phi) is 4.06. The summed E-state index contributed by atoms with van der Waals surface area (Å²) in [5.74, 6) is -0.0206. The van der Waals surface area contributed by atoms with Gasteiger partial charge >= 0.3 is 0 Å². The Balaban J connectivity index is 1.64. The molecule has 0 N–H and O–H groups in total. The van der Waals surface area contributed by atoms with Crippen LogP contribution in [0.15, 0.2) is 36.5 Å². The van der Waals surface area contributed by atoms with Crippen molar-refractivity contribution in [3.8, 4) is 5.75 Å². The number of carbonyl (C=O) groups is 2. The van der Waals surface area contributed by atoms with Gasteiger partial charge in [0.15, 0.2) is 18.2 Å². The van der Waals surface area contributed by atoms with Crippen LogP contribution in [-0.2, 0) is 16.0 Å². The number of ether oxygens (including phenoxy) is 1. The number of benzene rings is 1. The van der Waals surface area contributed by atoms with Gasteiger partial charge in [-0.1, -0.05) is 0 Å². The Morgan fingerprint density at radius 1 is 1.38 bits per heavy atom. The number of hydrogen-bond donors (Lipinski definition) is 0. The molecular weight excluding hydrogens is 337 g/mol. The van der Waals surface area contributed by atoms with Gasteiger partial charge in [-0.15, -0.1) is 0 Å².